The number of carbonyl (C=O) groups excluding carboxylic acids is 1. The number of amides is 1. The second-order valence-electron chi connectivity index (χ2n) is 6.86. The molecule has 0 saturated carbocycles. The van der Waals surface area contributed by atoms with Crippen molar-refractivity contribution in [2.24, 2.45) is 0 Å². The molecule has 2 aromatic carbocycles. The maximum Gasteiger partial charge on any atom is 0.261 e. The predicted molar refractivity (Wildman–Crippen MR) is 106 cm³/mol. The number of hydrogen-bond acceptors (Lipinski definition) is 4. The first-order chi connectivity index (χ1) is 12.9. The molecule has 1 atom stereocenters. The molecule has 0 aliphatic heterocycles. The smallest absolute Gasteiger partial charge is 0.261 e. The van der Waals surface area contributed by atoms with E-state index in [1.165, 1.54) is 5.56 Å². The molecular weight excluding hydrogens is 338 g/mol. The van der Waals surface area contributed by atoms with Gasteiger partial charge in [0, 0.05) is 19.1 Å². The Kier molecular flexibility index (Phi) is 7.39. The Morgan fingerprint density at radius 3 is 2.41 bits per heavy atom. The van der Waals surface area contributed by atoms with Gasteiger partial charge in [0.25, 0.3) is 5.91 Å². The van der Waals surface area contributed by atoms with Crippen molar-refractivity contribution < 1.29 is 9.53 Å². The molecule has 0 aliphatic rings. The Hall–Kier alpha value is -2.84. The summed E-state index contributed by atoms with van der Waals surface area (Å²) in [6.45, 7) is 7.26. The third kappa shape index (κ3) is 5.83. The molecule has 1 N–H and O–H groups in total. The van der Waals surface area contributed by atoms with Crippen LogP contribution in [0, 0.1) is 11.3 Å². The van der Waals surface area contributed by atoms with Crippen LogP contribution in [0.25, 0.3) is 0 Å². The zero-order valence-electron chi connectivity index (χ0n) is 16.4. The minimum Gasteiger partial charge on any atom is -0.480 e. The summed E-state index contributed by atoms with van der Waals surface area (Å²) in [5.41, 5.74) is 2.69. The fourth-order valence-electron chi connectivity index (χ4n) is 2.57. The number of ether oxygens (including phenoxy) is 1. The molecule has 0 spiro atoms. The zero-order chi connectivity index (χ0) is 19.8. The van der Waals surface area contributed by atoms with Crippen LogP contribution in [0.2, 0.25) is 0 Å². The summed E-state index contributed by atoms with van der Waals surface area (Å²) < 4.78 is 5.67. The van der Waals surface area contributed by atoms with Gasteiger partial charge in [-0.3, -0.25) is 9.69 Å². The minimum atomic E-state index is -0.690. The van der Waals surface area contributed by atoms with Gasteiger partial charge in [-0.25, -0.2) is 0 Å². The molecule has 2 aromatic rings. The van der Waals surface area contributed by atoms with Gasteiger partial charge in [-0.2, -0.15) is 5.26 Å². The summed E-state index contributed by atoms with van der Waals surface area (Å²) in [5.74, 6) is 0.205. The van der Waals surface area contributed by atoms with E-state index in [0.29, 0.717) is 23.9 Å². The highest BCUT2D eigenvalue weighted by atomic mass is 16.5. The largest absolute Gasteiger partial charge is 0.480 e. The molecule has 5 heteroatoms. The number of carbonyl (C=O) groups is 1. The third-order valence-corrected chi connectivity index (χ3v) is 4.55. The van der Waals surface area contributed by atoms with Gasteiger partial charge in [-0.15, -0.1) is 0 Å². The molecule has 0 bridgehead atoms. The highest BCUT2D eigenvalue weighted by molar-refractivity contribution is 5.80. The lowest BCUT2D eigenvalue weighted by Gasteiger charge is -2.23. The summed E-state index contributed by atoms with van der Waals surface area (Å²) in [6, 6.07) is 17.5. The van der Waals surface area contributed by atoms with Crippen LogP contribution in [-0.4, -0.2) is 30.0 Å². The van der Waals surface area contributed by atoms with E-state index in [9.17, 15) is 4.79 Å². The van der Waals surface area contributed by atoms with Crippen LogP contribution in [0.1, 0.15) is 37.5 Å². The number of nitriles is 1. The molecule has 0 aliphatic carbocycles. The van der Waals surface area contributed by atoms with Crippen molar-refractivity contribution in [2.45, 2.75) is 46.0 Å². The van der Waals surface area contributed by atoms with Crippen LogP contribution in [0.4, 0.5) is 0 Å². The molecule has 27 heavy (non-hydrogen) atoms. The summed E-state index contributed by atoms with van der Waals surface area (Å²) in [7, 11) is 2.09. The standard InChI is InChI=1S/C22H27N3O2/c1-16(2)25(4)15-20-11-6-5-10-19(20)14-24-22(26)17(3)27-21-12-8-7-9-18(21)13-23/h5-12,16-17H,14-15H2,1-4H3,(H,24,26). The third-order valence-electron chi connectivity index (χ3n) is 4.55. The van der Waals surface area contributed by atoms with Gasteiger partial charge >= 0.3 is 0 Å². The Balaban J connectivity index is 1.98. The number of nitrogens with one attached hydrogen (secondary N) is 1. The van der Waals surface area contributed by atoms with E-state index in [1.54, 1.807) is 31.2 Å². The average Bonchev–Trinajstić information content (AvgIpc) is 2.67. The van der Waals surface area contributed by atoms with E-state index in [4.69, 9.17) is 10.00 Å². The normalized spacial score (nSPS) is 11.9. The number of para-hydroxylation sites is 1. The highest BCUT2D eigenvalue weighted by Crippen LogP contribution is 2.18. The van der Waals surface area contributed by atoms with Crippen molar-refractivity contribution in [3.63, 3.8) is 0 Å². The van der Waals surface area contributed by atoms with E-state index in [-0.39, 0.29) is 5.91 Å². The monoisotopic (exact) mass is 365 g/mol. The van der Waals surface area contributed by atoms with Crippen LogP contribution in [0.3, 0.4) is 0 Å². The van der Waals surface area contributed by atoms with Crippen LogP contribution < -0.4 is 10.1 Å². The molecule has 0 radical (unpaired) electrons. The number of rotatable bonds is 8. The van der Waals surface area contributed by atoms with Crippen molar-refractivity contribution in [1.82, 2.24) is 10.2 Å². The lowest BCUT2D eigenvalue weighted by Crippen LogP contribution is -2.36. The second kappa shape index (κ2) is 9.75. The van der Waals surface area contributed by atoms with Gasteiger partial charge in [0.05, 0.1) is 5.56 Å². The van der Waals surface area contributed by atoms with E-state index < -0.39 is 6.10 Å². The maximum absolute atomic E-state index is 12.4. The Bertz CT molecular complexity index is 811. The van der Waals surface area contributed by atoms with E-state index in [2.05, 4.69) is 43.2 Å². The molecule has 142 valence electrons. The molecule has 1 unspecified atom stereocenters. The molecular formula is C22H27N3O2. The number of benzene rings is 2. The minimum absolute atomic E-state index is 0.213. The van der Waals surface area contributed by atoms with E-state index >= 15 is 0 Å². The molecule has 0 aromatic heterocycles. The van der Waals surface area contributed by atoms with Crippen molar-refractivity contribution in [3.05, 3.63) is 65.2 Å². The Morgan fingerprint density at radius 1 is 1.11 bits per heavy atom. The van der Waals surface area contributed by atoms with Crippen molar-refractivity contribution in [1.29, 1.82) is 5.26 Å². The summed E-state index contributed by atoms with van der Waals surface area (Å²) in [5, 5.41) is 12.1. The number of hydrogen-bond donors (Lipinski definition) is 1. The molecule has 0 fully saturated rings. The van der Waals surface area contributed by atoms with Crippen molar-refractivity contribution in [2.75, 3.05) is 7.05 Å². The molecule has 1 amide bonds. The first-order valence-corrected chi connectivity index (χ1v) is 9.13. The Labute approximate surface area is 161 Å². The van der Waals surface area contributed by atoms with Gasteiger partial charge in [0.15, 0.2) is 6.10 Å². The predicted octanol–water partition coefficient (Wildman–Crippen LogP) is 3.48. The average molecular weight is 365 g/mol. The SMILES string of the molecule is CC(Oc1ccccc1C#N)C(=O)NCc1ccccc1CN(C)C(C)C. The fourth-order valence-corrected chi connectivity index (χ4v) is 2.57. The van der Waals surface area contributed by atoms with Crippen LogP contribution >= 0.6 is 0 Å². The van der Waals surface area contributed by atoms with Crippen LogP contribution in [-0.2, 0) is 17.9 Å². The fraction of sp³-hybridized carbons (Fsp3) is 0.364. The Morgan fingerprint density at radius 2 is 1.74 bits per heavy atom. The van der Waals surface area contributed by atoms with Gasteiger partial charge in [-0.1, -0.05) is 36.4 Å². The second-order valence-corrected chi connectivity index (χ2v) is 6.86. The molecule has 0 heterocycles. The lowest BCUT2D eigenvalue weighted by molar-refractivity contribution is -0.127. The topological polar surface area (TPSA) is 65.4 Å². The van der Waals surface area contributed by atoms with Gasteiger partial charge in [0.2, 0.25) is 0 Å². The molecule has 2 rings (SSSR count). The van der Waals surface area contributed by atoms with Crippen LogP contribution in [0.5, 0.6) is 5.75 Å². The first-order valence-electron chi connectivity index (χ1n) is 9.13. The zero-order valence-corrected chi connectivity index (χ0v) is 16.4. The maximum atomic E-state index is 12.4. The summed E-state index contributed by atoms with van der Waals surface area (Å²) in [6.07, 6.45) is -0.690. The van der Waals surface area contributed by atoms with Crippen molar-refractivity contribution >= 4 is 5.91 Å². The highest BCUT2D eigenvalue weighted by Gasteiger charge is 2.17. The molecule has 0 saturated heterocycles. The quantitative estimate of drug-likeness (QED) is 0.778. The van der Waals surface area contributed by atoms with Gasteiger partial charge in [-0.05, 0) is 51.1 Å². The van der Waals surface area contributed by atoms with Crippen LogP contribution in [0.15, 0.2) is 48.5 Å². The van der Waals surface area contributed by atoms with Gasteiger partial charge < -0.3 is 10.1 Å². The number of nitrogens with zero attached hydrogens (tertiary/aromatic N) is 2. The van der Waals surface area contributed by atoms with E-state index in [0.717, 1.165) is 12.1 Å². The van der Waals surface area contributed by atoms with Gasteiger partial charge in [0.1, 0.15) is 11.8 Å². The van der Waals surface area contributed by atoms with E-state index in [1.807, 2.05) is 18.2 Å². The van der Waals surface area contributed by atoms with Crippen molar-refractivity contribution in [3.8, 4) is 11.8 Å². The summed E-state index contributed by atoms with van der Waals surface area (Å²) >= 11 is 0. The first kappa shape index (κ1) is 20.5. The molecule has 5 nitrogen and oxygen atoms in total. The summed E-state index contributed by atoms with van der Waals surface area (Å²) in [4.78, 5) is 14.7. The lowest BCUT2D eigenvalue weighted by atomic mass is 10.1.